The van der Waals surface area contributed by atoms with Crippen molar-refractivity contribution < 1.29 is 0 Å². The minimum absolute atomic E-state index is 0.163. The number of H-pyrrole nitrogens is 1. The topological polar surface area (TPSA) is 56.6 Å². The zero-order chi connectivity index (χ0) is 10.8. The van der Waals surface area contributed by atoms with Gasteiger partial charge in [0.15, 0.2) is 0 Å². The van der Waals surface area contributed by atoms with E-state index in [4.69, 9.17) is 5.26 Å². The highest BCUT2D eigenvalue weighted by Crippen LogP contribution is 2.15. The number of pyridine rings is 1. The average molecular weight is 198 g/mol. The van der Waals surface area contributed by atoms with E-state index in [0.29, 0.717) is 0 Å². The second-order valence-corrected chi connectivity index (χ2v) is 3.36. The second-order valence-electron chi connectivity index (χ2n) is 3.36. The number of aryl methyl sites for hydroxylation is 1. The molecule has 0 aliphatic heterocycles. The maximum atomic E-state index is 11.5. The van der Waals surface area contributed by atoms with Crippen molar-refractivity contribution in [1.29, 1.82) is 5.26 Å². The van der Waals surface area contributed by atoms with Gasteiger partial charge in [0.1, 0.15) is 11.6 Å². The summed E-state index contributed by atoms with van der Waals surface area (Å²) >= 11 is 0. The number of para-hydroxylation sites is 1. The van der Waals surface area contributed by atoms with Crippen molar-refractivity contribution in [3.8, 4) is 6.07 Å². The normalized spacial score (nSPS) is 10.1. The fourth-order valence-electron chi connectivity index (χ4n) is 1.67. The molecule has 15 heavy (non-hydrogen) atoms. The van der Waals surface area contributed by atoms with Crippen LogP contribution in [0.15, 0.2) is 29.1 Å². The van der Waals surface area contributed by atoms with Crippen LogP contribution in [0, 0.1) is 11.3 Å². The number of aromatic nitrogens is 1. The Morgan fingerprint density at radius 1 is 1.47 bits per heavy atom. The molecular formula is C12H10N2O. The summed E-state index contributed by atoms with van der Waals surface area (Å²) in [6.45, 7) is 2.03. The van der Waals surface area contributed by atoms with Crippen LogP contribution in [0.3, 0.4) is 0 Å². The fourth-order valence-corrected chi connectivity index (χ4v) is 1.67. The number of fused-ring (bicyclic) bond motifs is 1. The number of nitrogens with one attached hydrogen (secondary N) is 1. The molecule has 0 spiro atoms. The molecule has 0 aliphatic rings. The molecular weight excluding hydrogens is 188 g/mol. The lowest BCUT2D eigenvalue weighted by molar-refractivity contribution is 1.13. The Bertz CT molecular complexity index is 605. The highest BCUT2D eigenvalue weighted by atomic mass is 16.1. The Balaban J connectivity index is 2.88. The van der Waals surface area contributed by atoms with Crippen LogP contribution >= 0.6 is 0 Å². The van der Waals surface area contributed by atoms with E-state index in [-0.39, 0.29) is 11.1 Å². The first-order valence-electron chi connectivity index (χ1n) is 4.81. The highest BCUT2D eigenvalue weighted by Gasteiger charge is 2.04. The summed E-state index contributed by atoms with van der Waals surface area (Å²) in [6, 6.07) is 9.32. The number of aromatic amines is 1. The fraction of sp³-hybridized carbons (Fsp3) is 0.167. The van der Waals surface area contributed by atoms with Crippen molar-refractivity contribution in [1.82, 2.24) is 4.98 Å². The first-order chi connectivity index (χ1) is 7.26. The molecule has 0 saturated heterocycles. The van der Waals surface area contributed by atoms with E-state index >= 15 is 0 Å². The summed E-state index contributed by atoms with van der Waals surface area (Å²) in [5, 5.41) is 9.64. The summed E-state index contributed by atoms with van der Waals surface area (Å²) in [6.07, 6.45) is 0.860. The van der Waals surface area contributed by atoms with Gasteiger partial charge in [-0.3, -0.25) is 4.79 Å². The van der Waals surface area contributed by atoms with Gasteiger partial charge in [-0.2, -0.15) is 5.26 Å². The third-order valence-corrected chi connectivity index (χ3v) is 2.47. The van der Waals surface area contributed by atoms with Crippen LogP contribution in [0.1, 0.15) is 18.1 Å². The van der Waals surface area contributed by atoms with Crippen LogP contribution in [-0.4, -0.2) is 4.98 Å². The number of rotatable bonds is 1. The summed E-state index contributed by atoms with van der Waals surface area (Å²) < 4.78 is 0. The van der Waals surface area contributed by atoms with E-state index < -0.39 is 0 Å². The Hall–Kier alpha value is -2.08. The van der Waals surface area contributed by atoms with Crippen molar-refractivity contribution in [3.63, 3.8) is 0 Å². The zero-order valence-corrected chi connectivity index (χ0v) is 8.37. The van der Waals surface area contributed by atoms with E-state index in [0.717, 1.165) is 22.9 Å². The molecule has 1 aromatic heterocycles. The van der Waals surface area contributed by atoms with E-state index in [1.165, 1.54) is 0 Å². The van der Waals surface area contributed by atoms with Crippen LogP contribution < -0.4 is 5.56 Å². The van der Waals surface area contributed by atoms with E-state index in [1.807, 2.05) is 31.2 Å². The first-order valence-corrected chi connectivity index (χ1v) is 4.81. The SMILES string of the molecule is CCc1cccc2cc(C#N)c(=O)[nH]c12. The average Bonchev–Trinajstić information content (AvgIpc) is 2.27. The van der Waals surface area contributed by atoms with Crippen LogP contribution in [0.4, 0.5) is 0 Å². The highest BCUT2D eigenvalue weighted by molar-refractivity contribution is 5.82. The van der Waals surface area contributed by atoms with Gasteiger partial charge in [0.05, 0.1) is 5.52 Å². The smallest absolute Gasteiger partial charge is 0.266 e. The Labute approximate surface area is 87.0 Å². The summed E-state index contributed by atoms with van der Waals surface area (Å²) in [7, 11) is 0. The standard InChI is InChI=1S/C12H10N2O/c1-2-8-4-3-5-9-6-10(7-13)12(15)14-11(8)9/h3-6H,2H2,1H3,(H,14,15). The van der Waals surface area contributed by atoms with Gasteiger partial charge in [0.25, 0.3) is 5.56 Å². The monoisotopic (exact) mass is 198 g/mol. The zero-order valence-electron chi connectivity index (χ0n) is 8.37. The molecule has 3 nitrogen and oxygen atoms in total. The molecule has 3 heteroatoms. The molecule has 0 unspecified atom stereocenters. The van der Waals surface area contributed by atoms with Gasteiger partial charge in [-0.05, 0) is 23.4 Å². The molecule has 1 aromatic carbocycles. The van der Waals surface area contributed by atoms with Gasteiger partial charge < -0.3 is 4.98 Å². The van der Waals surface area contributed by atoms with E-state index in [2.05, 4.69) is 4.98 Å². The molecule has 0 aliphatic carbocycles. The lowest BCUT2D eigenvalue weighted by Gasteiger charge is -2.03. The molecule has 74 valence electrons. The van der Waals surface area contributed by atoms with Gasteiger partial charge in [0.2, 0.25) is 0 Å². The van der Waals surface area contributed by atoms with Gasteiger partial charge in [-0.1, -0.05) is 25.1 Å². The Morgan fingerprint density at radius 3 is 2.93 bits per heavy atom. The number of hydrogen-bond acceptors (Lipinski definition) is 2. The van der Waals surface area contributed by atoms with Gasteiger partial charge in [0, 0.05) is 0 Å². The Kier molecular flexibility index (Phi) is 2.26. The molecule has 1 heterocycles. The summed E-state index contributed by atoms with van der Waals surface area (Å²) in [4.78, 5) is 14.2. The van der Waals surface area contributed by atoms with E-state index in [9.17, 15) is 4.79 Å². The first kappa shape index (κ1) is 9.47. The number of hydrogen-bond donors (Lipinski definition) is 1. The number of benzene rings is 1. The third kappa shape index (κ3) is 1.50. The van der Waals surface area contributed by atoms with Gasteiger partial charge in [-0.25, -0.2) is 0 Å². The van der Waals surface area contributed by atoms with Gasteiger partial charge in [-0.15, -0.1) is 0 Å². The lowest BCUT2D eigenvalue weighted by Crippen LogP contribution is -2.10. The largest absolute Gasteiger partial charge is 0.321 e. The molecule has 1 N–H and O–H groups in total. The Morgan fingerprint density at radius 2 is 2.27 bits per heavy atom. The minimum atomic E-state index is -0.314. The molecule has 0 saturated carbocycles. The van der Waals surface area contributed by atoms with Crippen molar-refractivity contribution in [2.24, 2.45) is 0 Å². The van der Waals surface area contributed by atoms with Crippen LogP contribution in [0.5, 0.6) is 0 Å². The van der Waals surface area contributed by atoms with Crippen molar-refractivity contribution in [2.45, 2.75) is 13.3 Å². The number of nitrogens with zero attached hydrogens (tertiary/aromatic N) is 1. The summed E-state index contributed by atoms with van der Waals surface area (Å²) in [5.74, 6) is 0. The molecule has 0 atom stereocenters. The maximum absolute atomic E-state index is 11.5. The molecule has 0 fully saturated rings. The van der Waals surface area contributed by atoms with Gasteiger partial charge >= 0.3 is 0 Å². The second kappa shape index (κ2) is 3.58. The molecule has 2 rings (SSSR count). The lowest BCUT2D eigenvalue weighted by atomic mass is 10.1. The molecule has 0 bridgehead atoms. The molecule has 0 amide bonds. The van der Waals surface area contributed by atoms with Crippen LogP contribution in [0.2, 0.25) is 0 Å². The predicted octanol–water partition coefficient (Wildman–Crippen LogP) is 1.96. The predicted molar refractivity (Wildman–Crippen MR) is 58.7 cm³/mol. The molecule has 2 aromatic rings. The van der Waals surface area contributed by atoms with Crippen molar-refractivity contribution >= 4 is 10.9 Å². The van der Waals surface area contributed by atoms with Crippen molar-refractivity contribution in [3.05, 3.63) is 45.7 Å². The molecule has 0 radical (unpaired) electrons. The minimum Gasteiger partial charge on any atom is -0.321 e. The quantitative estimate of drug-likeness (QED) is 0.761. The van der Waals surface area contributed by atoms with Crippen LogP contribution in [-0.2, 0) is 6.42 Å². The van der Waals surface area contributed by atoms with Crippen molar-refractivity contribution in [2.75, 3.05) is 0 Å². The number of nitriles is 1. The summed E-state index contributed by atoms with van der Waals surface area (Å²) in [5.41, 5.74) is 1.78. The maximum Gasteiger partial charge on any atom is 0.266 e. The van der Waals surface area contributed by atoms with Crippen LogP contribution in [0.25, 0.3) is 10.9 Å². The third-order valence-electron chi connectivity index (χ3n) is 2.47. The van der Waals surface area contributed by atoms with E-state index in [1.54, 1.807) is 6.07 Å².